The Balaban J connectivity index is 2.53. The number of carbonyl (C=O) groups is 1. The van der Waals surface area contributed by atoms with Gasteiger partial charge >= 0.3 is 6.09 Å². The monoisotopic (exact) mass is 251 g/mol. The van der Waals surface area contributed by atoms with Crippen LogP contribution >= 0.6 is 0 Å². The van der Waals surface area contributed by atoms with Crippen molar-refractivity contribution in [3.63, 3.8) is 0 Å². The van der Waals surface area contributed by atoms with Crippen LogP contribution in [0.1, 0.15) is 25.0 Å². The predicted molar refractivity (Wildman–Crippen MR) is 72.0 cm³/mol. The van der Waals surface area contributed by atoms with Crippen molar-refractivity contribution in [1.82, 2.24) is 0 Å². The van der Waals surface area contributed by atoms with Crippen molar-refractivity contribution >= 4 is 11.8 Å². The van der Waals surface area contributed by atoms with Crippen molar-refractivity contribution in [2.45, 2.75) is 27.2 Å². The third-order valence-corrected chi connectivity index (χ3v) is 2.63. The number of hydrogen-bond acceptors (Lipinski definition) is 3. The van der Waals surface area contributed by atoms with Crippen LogP contribution in [0.15, 0.2) is 18.2 Å². The molecule has 1 aromatic carbocycles. The van der Waals surface area contributed by atoms with Crippen LogP contribution in [0.5, 0.6) is 0 Å². The standard InChI is InChI=1S/C14H21NO3/c1-4-12-8-6-7-11(3)13(12)15-14(16)18-10-9-17-5-2/h6-8H,4-5,9-10H2,1-3H3,(H,15,16). The Hall–Kier alpha value is -1.55. The van der Waals surface area contributed by atoms with Gasteiger partial charge in [-0.05, 0) is 31.4 Å². The molecule has 1 amide bonds. The van der Waals surface area contributed by atoms with Crippen LogP contribution in [0, 0.1) is 6.92 Å². The van der Waals surface area contributed by atoms with E-state index in [0.29, 0.717) is 13.2 Å². The smallest absolute Gasteiger partial charge is 0.411 e. The highest BCUT2D eigenvalue weighted by Gasteiger charge is 2.08. The Morgan fingerprint density at radius 3 is 2.72 bits per heavy atom. The summed E-state index contributed by atoms with van der Waals surface area (Å²) in [6.45, 7) is 7.25. The van der Waals surface area contributed by atoms with Crippen molar-refractivity contribution in [3.8, 4) is 0 Å². The molecule has 0 aliphatic carbocycles. The molecule has 0 spiro atoms. The predicted octanol–water partition coefficient (Wildman–Crippen LogP) is 3.14. The zero-order valence-corrected chi connectivity index (χ0v) is 11.3. The van der Waals surface area contributed by atoms with Gasteiger partial charge in [0.25, 0.3) is 0 Å². The molecule has 4 heteroatoms. The molecule has 1 N–H and O–H groups in total. The number of ether oxygens (including phenoxy) is 2. The molecular formula is C14H21NO3. The lowest BCUT2D eigenvalue weighted by molar-refractivity contribution is 0.0850. The summed E-state index contributed by atoms with van der Waals surface area (Å²) in [5.74, 6) is 0. The van der Waals surface area contributed by atoms with Crippen molar-refractivity contribution in [2.75, 3.05) is 25.1 Å². The Bertz CT molecular complexity index is 391. The number of rotatable bonds is 6. The lowest BCUT2D eigenvalue weighted by Crippen LogP contribution is -2.18. The summed E-state index contributed by atoms with van der Waals surface area (Å²) in [6, 6.07) is 5.96. The summed E-state index contributed by atoms with van der Waals surface area (Å²) in [5, 5.41) is 2.79. The Kier molecular flexibility index (Phi) is 6.22. The molecule has 1 aromatic rings. The minimum atomic E-state index is -0.432. The number of amides is 1. The minimum Gasteiger partial charge on any atom is -0.447 e. The summed E-state index contributed by atoms with van der Waals surface area (Å²) >= 11 is 0. The zero-order valence-electron chi connectivity index (χ0n) is 11.3. The number of anilines is 1. The molecule has 0 bridgehead atoms. The molecule has 0 heterocycles. The van der Waals surface area contributed by atoms with E-state index in [1.54, 1.807) is 0 Å². The lowest BCUT2D eigenvalue weighted by Gasteiger charge is -2.13. The normalized spacial score (nSPS) is 10.2. The highest BCUT2D eigenvalue weighted by molar-refractivity contribution is 5.86. The fourth-order valence-electron chi connectivity index (χ4n) is 1.68. The van der Waals surface area contributed by atoms with E-state index < -0.39 is 6.09 Å². The number of benzene rings is 1. The van der Waals surface area contributed by atoms with Crippen LogP contribution in [0.25, 0.3) is 0 Å². The summed E-state index contributed by atoms with van der Waals surface area (Å²) in [4.78, 5) is 11.6. The molecule has 0 fully saturated rings. The van der Waals surface area contributed by atoms with Gasteiger partial charge in [0.15, 0.2) is 0 Å². The summed E-state index contributed by atoms with van der Waals surface area (Å²) < 4.78 is 10.1. The van der Waals surface area contributed by atoms with Crippen LogP contribution in [0.4, 0.5) is 10.5 Å². The van der Waals surface area contributed by atoms with E-state index in [2.05, 4.69) is 12.2 Å². The molecule has 4 nitrogen and oxygen atoms in total. The van der Waals surface area contributed by atoms with E-state index in [1.165, 1.54) is 0 Å². The van der Waals surface area contributed by atoms with Crippen molar-refractivity contribution in [1.29, 1.82) is 0 Å². The number of hydrogen-bond donors (Lipinski definition) is 1. The largest absolute Gasteiger partial charge is 0.447 e. The minimum absolute atomic E-state index is 0.271. The highest BCUT2D eigenvalue weighted by Crippen LogP contribution is 2.21. The highest BCUT2D eigenvalue weighted by atomic mass is 16.6. The van der Waals surface area contributed by atoms with Gasteiger partial charge in [0.05, 0.1) is 12.3 Å². The first kappa shape index (κ1) is 14.5. The van der Waals surface area contributed by atoms with E-state index in [0.717, 1.165) is 23.2 Å². The molecule has 0 aliphatic heterocycles. The molecule has 0 aromatic heterocycles. The number of nitrogens with one attached hydrogen (secondary N) is 1. The second kappa shape index (κ2) is 7.71. The fraction of sp³-hybridized carbons (Fsp3) is 0.500. The summed E-state index contributed by atoms with van der Waals surface area (Å²) in [5.41, 5.74) is 2.99. The van der Waals surface area contributed by atoms with Crippen LogP contribution in [0.3, 0.4) is 0 Å². The van der Waals surface area contributed by atoms with Crippen LogP contribution < -0.4 is 5.32 Å². The molecular weight excluding hydrogens is 230 g/mol. The van der Waals surface area contributed by atoms with E-state index in [4.69, 9.17) is 9.47 Å². The van der Waals surface area contributed by atoms with Gasteiger partial charge < -0.3 is 9.47 Å². The first-order valence-corrected chi connectivity index (χ1v) is 6.29. The lowest BCUT2D eigenvalue weighted by atomic mass is 10.1. The van der Waals surface area contributed by atoms with Gasteiger partial charge in [0.2, 0.25) is 0 Å². The van der Waals surface area contributed by atoms with Crippen LogP contribution in [0.2, 0.25) is 0 Å². The quantitative estimate of drug-likeness (QED) is 0.790. The first-order chi connectivity index (χ1) is 8.69. The third-order valence-electron chi connectivity index (χ3n) is 2.63. The maximum atomic E-state index is 11.6. The summed E-state index contributed by atoms with van der Waals surface area (Å²) in [6.07, 6.45) is 0.440. The van der Waals surface area contributed by atoms with E-state index >= 15 is 0 Å². The summed E-state index contributed by atoms with van der Waals surface area (Å²) in [7, 11) is 0. The molecule has 0 radical (unpaired) electrons. The Labute approximate surface area is 108 Å². The van der Waals surface area contributed by atoms with Gasteiger partial charge in [-0.2, -0.15) is 0 Å². The van der Waals surface area contributed by atoms with Crippen LogP contribution in [-0.2, 0) is 15.9 Å². The number of carbonyl (C=O) groups excluding carboxylic acids is 1. The second-order valence-corrected chi connectivity index (χ2v) is 3.92. The van der Waals surface area contributed by atoms with Crippen molar-refractivity contribution < 1.29 is 14.3 Å². The van der Waals surface area contributed by atoms with E-state index in [-0.39, 0.29) is 6.61 Å². The Morgan fingerprint density at radius 1 is 1.28 bits per heavy atom. The third kappa shape index (κ3) is 4.37. The van der Waals surface area contributed by atoms with Gasteiger partial charge in [-0.1, -0.05) is 25.1 Å². The molecule has 0 atom stereocenters. The SMILES string of the molecule is CCOCCOC(=O)Nc1c(C)cccc1CC. The molecule has 0 saturated heterocycles. The van der Waals surface area contributed by atoms with E-state index in [9.17, 15) is 4.79 Å². The topological polar surface area (TPSA) is 47.6 Å². The Morgan fingerprint density at radius 2 is 2.06 bits per heavy atom. The molecule has 0 saturated carbocycles. The molecule has 0 unspecified atom stereocenters. The molecule has 100 valence electrons. The maximum Gasteiger partial charge on any atom is 0.411 e. The van der Waals surface area contributed by atoms with Gasteiger partial charge in [-0.25, -0.2) is 4.79 Å². The molecule has 18 heavy (non-hydrogen) atoms. The average molecular weight is 251 g/mol. The van der Waals surface area contributed by atoms with Crippen molar-refractivity contribution in [3.05, 3.63) is 29.3 Å². The van der Waals surface area contributed by atoms with Crippen molar-refractivity contribution in [2.24, 2.45) is 0 Å². The second-order valence-electron chi connectivity index (χ2n) is 3.92. The first-order valence-electron chi connectivity index (χ1n) is 6.29. The van der Waals surface area contributed by atoms with Gasteiger partial charge in [-0.3, -0.25) is 5.32 Å². The van der Waals surface area contributed by atoms with Gasteiger partial charge in [0, 0.05) is 6.61 Å². The molecule has 1 rings (SSSR count). The van der Waals surface area contributed by atoms with E-state index in [1.807, 2.05) is 32.0 Å². The maximum absolute atomic E-state index is 11.6. The fourth-order valence-corrected chi connectivity index (χ4v) is 1.68. The number of aryl methyl sites for hydroxylation is 2. The zero-order chi connectivity index (χ0) is 13.4. The average Bonchev–Trinajstić information content (AvgIpc) is 2.37. The van der Waals surface area contributed by atoms with Crippen LogP contribution in [-0.4, -0.2) is 25.9 Å². The molecule has 0 aliphatic rings. The van der Waals surface area contributed by atoms with Gasteiger partial charge in [0.1, 0.15) is 6.61 Å². The number of para-hydroxylation sites is 1. The van der Waals surface area contributed by atoms with Gasteiger partial charge in [-0.15, -0.1) is 0 Å².